The van der Waals surface area contributed by atoms with Gasteiger partial charge in [0.15, 0.2) is 0 Å². The van der Waals surface area contributed by atoms with Crippen LogP contribution in [0.2, 0.25) is 0 Å². The van der Waals surface area contributed by atoms with Crippen LogP contribution >= 0.6 is 11.6 Å². The van der Waals surface area contributed by atoms with Crippen LogP contribution in [-0.4, -0.2) is 9.97 Å². The topological polar surface area (TPSA) is 25.8 Å². The first-order valence-corrected chi connectivity index (χ1v) is 11.5. The van der Waals surface area contributed by atoms with Crippen molar-refractivity contribution in [3.63, 3.8) is 0 Å². The molecule has 176 valence electrons. The third-order valence-electron chi connectivity index (χ3n) is 5.18. The van der Waals surface area contributed by atoms with Gasteiger partial charge >= 0.3 is 0 Å². The van der Waals surface area contributed by atoms with Gasteiger partial charge in [-0.3, -0.25) is 0 Å². The number of halogens is 3. The summed E-state index contributed by atoms with van der Waals surface area (Å²) in [5, 5.41) is 0.723. The van der Waals surface area contributed by atoms with Crippen molar-refractivity contribution in [1.82, 2.24) is 9.97 Å². The predicted molar refractivity (Wildman–Crippen MR) is 134 cm³/mol. The highest BCUT2D eigenvalue weighted by Crippen LogP contribution is 2.32. The van der Waals surface area contributed by atoms with E-state index in [9.17, 15) is 8.78 Å². The molecule has 0 aliphatic carbocycles. The lowest BCUT2D eigenvalue weighted by Crippen LogP contribution is -2.13. The molecule has 2 nitrogen and oxygen atoms in total. The van der Waals surface area contributed by atoms with Crippen molar-refractivity contribution in [1.29, 1.82) is 0 Å². The molecule has 1 heterocycles. The van der Waals surface area contributed by atoms with Crippen molar-refractivity contribution in [2.24, 2.45) is 0 Å². The molecular weight excluding hydrogens is 426 g/mol. The summed E-state index contributed by atoms with van der Waals surface area (Å²) in [6, 6.07) is 2.79. The van der Waals surface area contributed by atoms with Crippen LogP contribution in [0.15, 0.2) is 23.7 Å². The van der Waals surface area contributed by atoms with E-state index < -0.39 is 5.67 Å². The number of hydrogen-bond donors (Lipinski definition) is 0. The van der Waals surface area contributed by atoms with E-state index in [4.69, 9.17) is 11.6 Å². The van der Waals surface area contributed by atoms with Gasteiger partial charge in [-0.25, -0.2) is 18.7 Å². The van der Waals surface area contributed by atoms with Gasteiger partial charge < -0.3 is 0 Å². The number of nitrogens with zero attached hydrogens (tertiary/aromatic N) is 2. The summed E-state index contributed by atoms with van der Waals surface area (Å²) >= 11 is 5.91. The van der Waals surface area contributed by atoms with Crippen molar-refractivity contribution >= 4 is 23.8 Å². The molecule has 0 saturated heterocycles. The lowest BCUT2D eigenvalue weighted by Gasteiger charge is -2.21. The van der Waals surface area contributed by atoms with Gasteiger partial charge in [0.05, 0.1) is 5.69 Å². The van der Waals surface area contributed by atoms with Crippen LogP contribution in [0.25, 0.3) is 12.2 Å². The molecule has 0 N–H and O–H groups in total. The average Bonchev–Trinajstić information content (AvgIpc) is 2.68. The third-order valence-corrected chi connectivity index (χ3v) is 5.29. The minimum Gasteiger partial charge on any atom is -0.239 e. The summed E-state index contributed by atoms with van der Waals surface area (Å²) < 4.78 is 27.2. The lowest BCUT2D eigenvalue weighted by atomic mass is 9.88. The maximum absolute atomic E-state index is 13.8. The number of benzene rings is 1. The molecule has 0 fully saturated rings. The zero-order valence-corrected chi connectivity index (χ0v) is 21.5. The fourth-order valence-electron chi connectivity index (χ4n) is 3.56. The normalized spacial score (nSPS) is 11.9. The Labute approximate surface area is 197 Å². The highest BCUT2D eigenvalue weighted by Gasteiger charge is 2.24. The summed E-state index contributed by atoms with van der Waals surface area (Å²) in [7, 11) is 0. The largest absolute Gasteiger partial charge is 0.239 e. The number of allylic oxidation sites excluding steroid dienone is 1. The van der Waals surface area contributed by atoms with Gasteiger partial charge in [-0.2, -0.15) is 0 Å². The molecule has 0 atom stereocenters. The van der Waals surface area contributed by atoms with E-state index in [1.165, 1.54) is 26.0 Å². The molecule has 0 aliphatic heterocycles. The van der Waals surface area contributed by atoms with Crippen molar-refractivity contribution in [2.75, 3.05) is 0 Å². The Kier molecular flexibility index (Phi) is 10.7. The number of aryl methyl sites for hydroxylation is 2. The molecular formula is C27H37ClF2N2. The SMILES string of the molecule is C=Cc1nc(CCCC)nc(C)c1/C=C(\C)Cl.Cc1c(C(C)C)cc(F)cc1C(C)(C)F. The van der Waals surface area contributed by atoms with Gasteiger partial charge in [0.25, 0.3) is 0 Å². The van der Waals surface area contributed by atoms with E-state index in [1.54, 1.807) is 6.08 Å². The minimum atomic E-state index is -1.49. The lowest BCUT2D eigenvalue weighted by molar-refractivity contribution is 0.219. The van der Waals surface area contributed by atoms with Crippen molar-refractivity contribution in [3.05, 3.63) is 69.0 Å². The molecule has 1 aromatic carbocycles. The second-order valence-electron chi connectivity index (χ2n) is 8.86. The standard InChI is InChI=1S/C14H19ClN2.C13H18F2/c1-5-7-8-14-16-11(4)12(9-10(3)15)13(6-2)17-14;1-8(2)11-6-10(14)7-12(9(11)3)13(4,5)15/h6,9H,2,5,7-8H2,1,3-4H3;6-8H,1-5H3/b10-9+;. The van der Waals surface area contributed by atoms with Crippen LogP contribution < -0.4 is 0 Å². The first kappa shape index (κ1) is 28.0. The van der Waals surface area contributed by atoms with Crippen molar-refractivity contribution in [3.8, 4) is 0 Å². The zero-order chi connectivity index (χ0) is 24.6. The molecule has 32 heavy (non-hydrogen) atoms. The van der Waals surface area contributed by atoms with Gasteiger partial charge in [0, 0.05) is 22.7 Å². The maximum atomic E-state index is 13.8. The van der Waals surface area contributed by atoms with Crippen LogP contribution in [0.4, 0.5) is 8.78 Å². The van der Waals surface area contributed by atoms with Crippen molar-refractivity contribution in [2.45, 2.75) is 86.2 Å². The zero-order valence-electron chi connectivity index (χ0n) is 20.7. The molecule has 0 aliphatic rings. The Morgan fingerprint density at radius 3 is 2.31 bits per heavy atom. The van der Waals surface area contributed by atoms with Gasteiger partial charge in [0.1, 0.15) is 17.3 Å². The number of rotatable bonds is 7. The summed E-state index contributed by atoms with van der Waals surface area (Å²) in [6.07, 6.45) is 6.82. The summed E-state index contributed by atoms with van der Waals surface area (Å²) in [6.45, 7) is 18.5. The number of alkyl halides is 1. The molecule has 0 bridgehead atoms. The van der Waals surface area contributed by atoms with Crippen molar-refractivity contribution < 1.29 is 8.78 Å². The first-order valence-electron chi connectivity index (χ1n) is 11.1. The van der Waals surface area contributed by atoms with E-state index in [2.05, 4.69) is 23.5 Å². The number of hydrogen-bond acceptors (Lipinski definition) is 2. The summed E-state index contributed by atoms with van der Waals surface area (Å²) in [5.41, 5.74) is 3.49. The van der Waals surface area contributed by atoms with Gasteiger partial charge in [-0.15, -0.1) is 0 Å². The fourth-order valence-corrected chi connectivity index (χ4v) is 3.67. The molecule has 0 amide bonds. The second-order valence-corrected chi connectivity index (χ2v) is 9.45. The molecule has 0 saturated carbocycles. The van der Waals surface area contributed by atoms with E-state index in [0.717, 1.165) is 58.2 Å². The summed E-state index contributed by atoms with van der Waals surface area (Å²) in [4.78, 5) is 9.02. The van der Waals surface area contributed by atoms with E-state index in [1.807, 2.05) is 40.7 Å². The minimum absolute atomic E-state index is 0.210. The predicted octanol–water partition coefficient (Wildman–Crippen LogP) is 8.83. The third kappa shape index (κ3) is 8.12. The van der Waals surface area contributed by atoms with E-state index in [-0.39, 0.29) is 11.7 Å². The molecule has 0 radical (unpaired) electrons. The Morgan fingerprint density at radius 2 is 1.84 bits per heavy atom. The Bertz CT molecular complexity index is 953. The molecule has 1 aromatic heterocycles. The number of unbranched alkanes of at least 4 members (excludes halogenated alkanes) is 1. The van der Waals surface area contributed by atoms with E-state index in [0.29, 0.717) is 5.56 Å². The summed E-state index contributed by atoms with van der Waals surface area (Å²) in [5.74, 6) is 0.746. The van der Waals surface area contributed by atoms with Gasteiger partial charge in [-0.05, 0) is 87.9 Å². The Hall–Kier alpha value is -2.07. The molecule has 2 aromatic rings. The van der Waals surface area contributed by atoms with Crippen LogP contribution in [0.5, 0.6) is 0 Å². The Balaban J connectivity index is 0.000000323. The van der Waals surface area contributed by atoms with E-state index >= 15 is 0 Å². The highest BCUT2D eigenvalue weighted by molar-refractivity contribution is 6.31. The quantitative estimate of drug-likeness (QED) is 0.410. The molecule has 2 rings (SSSR count). The highest BCUT2D eigenvalue weighted by atomic mass is 35.5. The fraction of sp³-hybridized carbons (Fsp3) is 0.481. The average molecular weight is 463 g/mol. The molecule has 0 unspecified atom stereocenters. The number of aromatic nitrogens is 2. The Morgan fingerprint density at radius 1 is 1.22 bits per heavy atom. The smallest absolute Gasteiger partial charge is 0.130 e. The second kappa shape index (κ2) is 12.2. The van der Waals surface area contributed by atoms with Crippen LogP contribution in [0.1, 0.15) is 99.8 Å². The molecule has 5 heteroatoms. The maximum Gasteiger partial charge on any atom is 0.130 e. The molecule has 0 spiro atoms. The van der Waals surface area contributed by atoms with Crippen LogP contribution in [-0.2, 0) is 12.1 Å². The van der Waals surface area contributed by atoms with Crippen LogP contribution in [0, 0.1) is 19.7 Å². The first-order chi connectivity index (χ1) is 14.8. The van der Waals surface area contributed by atoms with Gasteiger partial charge in [-0.1, -0.05) is 45.4 Å². The van der Waals surface area contributed by atoms with Crippen LogP contribution in [0.3, 0.4) is 0 Å². The van der Waals surface area contributed by atoms with Gasteiger partial charge in [0.2, 0.25) is 0 Å². The monoisotopic (exact) mass is 462 g/mol.